The SMILES string of the molecule is CCS(=O)(=O)c1ccccc1N(C)C(C)CN. The number of nitrogens with two attached hydrogens (primary N) is 1. The van der Waals surface area contributed by atoms with Crippen LogP contribution < -0.4 is 10.6 Å². The maximum Gasteiger partial charge on any atom is 0.180 e. The molecule has 0 bridgehead atoms. The van der Waals surface area contributed by atoms with E-state index in [1.165, 1.54) is 0 Å². The molecule has 1 aromatic carbocycles. The summed E-state index contributed by atoms with van der Waals surface area (Å²) in [5.41, 5.74) is 6.33. The van der Waals surface area contributed by atoms with Crippen LogP contribution >= 0.6 is 0 Å². The maximum atomic E-state index is 12.0. The lowest BCUT2D eigenvalue weighted by Gasteiger charge is -2.27. The van der Waals surface area contributed by atoms with Gasteiger partial charge in [-0.2, -0.15) is 0 Å². The number of anilines is 1. The number of benzene rings is 1. The molecule has 1 unspecified atom stereocenters. The van der Waals surface area contributed by atoms with E-state index in [0.717, 1.165) is 0 Å². The first-order valence-electron chi connectivity index (χ1n) is 5.68. The average molecular weight is 256 g/mol. The Morgan fingerprint density at radius 1 is 1.35 bits per heavy atom. The van der Waals surface area contributed by atoms with Crippen molar-refractivity contribution >= 4 is 15.5 Å². The molecule has 0 aliphatic rings. The second-order valence-corrected chi connectivity index (χ2v) is 6.31. The number of nitrogens with zero attached hydrogens (tertiary/aromatic N) is 1. The molecule has 4 nitrogen and oxygen atoms in total. The van der Waals surface area contributed by atoms with Gasteiger partial charge >= 0.3 is 0 Å². The first-order chi connectivity index (χ1) is 7.94. The molecular formula is C12H20N2O2S. The number of para-hydroxylation sites is 1. The van der Waals surface area contributed by atoms with Gasteiger partial charge in [-0.05, 0) is 19.1 Å². The largest absolute Gasteiger partial charge is 0.370 e. The summed E-state index contributed by atoms with van der Waals surface area (Å²) in [7, 11) is -1.34. The topological polar surface area (TPSA) is 63.4 Å². The van der Waals surface area contributed by atoms with Crippen LogP contribution in [-0.4, -0.2) is 33.8 Å². The molecule has 1 atom stereocenters. The molecule has 1 rings (SSSR count). The van der Waals surface area contributed by atoms with Crippen LogP contribution in [0.4, 0.5) is 5.69 Å². The third-order valence-corrected chi connectivity index (χ3v) is 4.74. The minimum absolute atomic E-state index is 0.100. The first kappa shape index (κ1) is 14.0. The highest BCUT2D eigenvalue weighted by Gasteiger charge is 2.20. The Morgan fingerprint density at radius 2 is 1.94 bits per heavy atom. The zero-order valence-electron chi connectivity index (χ0n) is 10.6. The molecule has 0 spiro atoms. The summed E-state index contributed by atoms with van der Waals surface area (Å²) >= 11 is 0. The van der Waals surface area contributed by atoms with E-state index in [-0.39, 0.29) is 11.8 Å². The van der Waals surface area contributed by atoms with Crippen LogP contribution in [0.15, 0.2) is 29.2 Å². The van der Waals surface area contributed by atoms with Crippen molar-refractivity contribution in [1.82, 2.24) is 0 Å². The summed E-state index contributed by atoms with van der Waals surface area (Å²) in [5.74, 6) is 0.106. The van der Waals surface area contributed by atoms with Crippen LogP contribution in [0, 0.1) is 0 Å². The summed E-state index contributed by atoms with van der Waals surface area (Å²) < 4.78 is 24.0. The molecule has 0 saturated carbocycles. The Labute approximate surface area is 103 Å². The molecule has 1 aromatic rings. The quantitative estimate of drug-likeness (QED) is 0.861. The molecule has 96 valence electrons. The van der Waals surface area contributed by atoms with Crippen molar-refractivity contribution in [3.63, 3.8) is 0 Å². The van der Waals surface area contributed by atoms with Crippen LogP contribution in [0.2, 0.25) is 0 Å². The lowest BCUT2D eigenvalue weighted by atomic mass is 10.2. The molecule has 2 N–H and O–H groups in total. The average Bonchev–Trinajstić information content (AvgIpc) is 2.36. The van der Waals surface area contributed by atoms with Gasteiger partial charge in [-0.3, -0.25) is 0 Å². The van der Waals surface area contributed by atoms with Crippen molar-refractivity contribution in [2.24, 2.45) is 5.73 Å². The van der Waals surface area contributed by atoms with Gasteiger partial charge in [-0.1, -0.05) is 19.1 Å². The van der Waals surface area contributed by atoms with Crippen molar-refractivity contribution < 1.29 is 8.42 Å². The van der Waals surface area contributed by atoms with Gasteiger partial charge in [0.25, 0.3) is 0 Å². The van der Waals surface area contributed by atoms with Gasteiger partial charge in [0.05, 0.1) is 16.3 Å². The van der Waals surface area contributed by atoms with Gasteiger partial charge in [0.2, 0.25) is 0 Å². The summed E-state index contributed by atoms with van der Waals surface area (Å²) in [6.45, 7) is 4.10. The van der Waals surface area contributed by atoms with E-state index in [1.807, 2.05) is 31.0 Å². The molecule has 5 heteroatoms. The van der Waals surface area contributed by atoms with Gasteiger partial charge in [-0.25, -0.2) is 8.42 Å². The van der Waals surface area contributed by atoms with Gasteiger partial charge in [-0.15, -0.1) is 0 Å². The lowest BCUT2D eigenvalue weighted by Crippen LogP contribution is -2.36. The highest BCUT2D eigenvalue weighted by Crippen LogP contribution is 2.26. The molecule has 17 heavy (non-hydrogen) atoms. The zero-order chi connectivity index (χ0) is 13.1. The Kier molecular flexibility index (Phi) is 4.54. The molecule has 0 saturated heterocycles. The van der Waals surface area contributed by atoms with E-state index in [1.54, 1.807) is 19.1 Å². The van der Waals surface area contributed by atoms with Crippen LogP contribution in [0.25, 0.3) is 0 Å². The fourth-order valence-corrected chi connectivity index (χ4v) is 2.69. The Balaban J connectivity index is 3.26. The summed E-state index contributed by atoms with van der Waals surface area (Å²) in [6.07, 6.45) is 0. The maximum absolute atomic E-state index is 12.0. The van der Waals surface area contributed by atoms with Crippen molar-refractivity contribution in [3.8, 4) is 0 Å². The number of rotatable bonds is 5. The first-order valence-corrected chi connectivity index (χ1v) is 7.34. The highest BCUT2D eigenvalue weighted by atomic mass is 32.2. The van der Waals surface area contributed by atoms with Gasteiger partial charge in [0.15, 0.2) is 9.84 Å². The fourth-order valence-electron chi connectivity index (χ4n) is 1.56. The molecule has 0 aliphatic carbocycles. The monoisotopic (exact) mass is 256 g/mol. The Morgan fingerprint density at radius 3 is 2.47 bits per heavy atom. The smallest absolute Gasteiger partial charge is 0.180 e. The molecule has 0 heterocycles. The van der Waals surface area contributed by atoms with Crippen LogP contribution in [-0.2, 0) is 9.84 Å². The Bertz CT molecular complexity index is 471. The fraction of sp³-hybridized carbons (Fsp3) is 0.500. The van der Waals surface area contributed by atoms with E-state index in [2.05, 4.69) is 0 Å². The third kappa shape index (κ3) is 2.98. The molecular weight excluding hydrogens is 236 g/mol. The predicted molar refractivity (Wildman–Crippen MR) is 71.1 cm³/mol. The van der Waals surface area contributed by atoms with Gasteiger partial charge < -0.3 is 10.6 Å². The standard InChI is InChI=1S/C12H20N2O2S/c1-4-17(15,16)12-8-6-5-7-11(12)14(3)10(2)9-13/h5-8,10H,4,9,13H2,1-3H3. The number of hydrogen-bond donors (Lipinski definition) is 1. The van der Waals surface area contributed by atoms with Gasteiger partial charge in [0.1, 0.15) is 0 Å². The minimum Gasteiger partial charge on any atom is -0.370 e. The molecule has 0 fully saturated rings. The molecule has 0 amide bonds. The van der Waals surface area contributed by atoms with E-state index < -0.39 is 9.84 Å². The second kappa shape index (κ2) is 5.51. The van der Waals surface area contributed by atoms with E-state index >= 15 is 0 Å². The summed E-state index contributed by atoms with van der Waals surface area (Å²) in [5, 5.41) is 0. The third-order valence-electron chi connectivity index (χ3n) is 2.96. The van der Waals surface area contributed by atoms with Crippen LogP contribution in [0.5, 0.6) is 0 Å². The summed E-state index contributed by atoms with van der Waals surface area (Å²) in [4.78, 5) is 2.29. The van der Waals surface area contributed by atoms with Crippen molar-refractivity contribution in [3.05, 3.63) is 24.3 Å². The van der Waals surface area contributed by atoms with Gasteiger partial charge in [0, 0.05) is 19.6 Å². The lowest BCUT2D eigenvalue weighted by molar-refractivity contribution is 0.596. The van der Waals surface area contributed by atoms with Crippen molar-refractivity contribution in [1.29, 1.82) is 0 Å². The Hall–Kier alpha value is -1.07. The highest BCUT2D eigenvalue weighted by molar-refractivity contribution is 7.91. The number of sulfone groups is 1. The van der Waals surface area contributed by atoms with E-state index in [0.29, 0.717) is 17.1 Å². The molecule has 0 aromatic heterocycles. The second-order valence-electron chi connectivity index (χ2n) is 4.07. The normalized spacial score (nSPS) is 13.4. The number of hydrogen-bond acceptors (Lipinski definition) is 4. The van der Waals surface area contributed by atoms with Crippen LogP contribution in [0.1, 0.15) is 13.8 Å². The van der Waals surface area contributed by atoms with Crippen molar-refractivity contribution in [2.75, 3.05) is 24.2 Å². The van der Waals surface area contributed by atoms with E-state index in [9.17, 15) is 8.42 Å². The summed E-state index contributed by atoms with van der Waals surface area (Å²) in [6, 6.07) is 7.14. The van der Waals surface area contributed by atoms with Crippen LogP contribution in [0.3, 0.4) is 0 Å². The molecule has 0 radical (unpaired) electrons. The zero-order valence-corrected chi connectivity index (χ0v) is 11.4. The number of likely N-dealkylation sites (N-methyl/N-ethyl adjacent to an activating group) is 1. The van der Waals surface area contributed by atoms with E-state index in [4.69, 9.17) is 5.73 Å². The van der Waals surface area contributed by atoms with Crippen molar-refractivity contribution in [2.45, 2.75) is 24.8 Å². The predicted octanol–water partition coefficient (Wildman–Crippen LogP) is 1.26. The molecule has 0 aliphatic heterocycles. The minimum atomic E-state index is -3.20.